The monoisotopic (exact) mass is 223 g/mol. The molecule has 0 spiro atoms. The molecule has 13 heavy (non-hydrogen) atoms. The van der Waals surface area contributed by atoms with E-state index in [0.717, 1.165) is 6.07 Å². The number of benzene rings is 1. The normalized spacial score (nSPS) is 8.46. The number of nitro groups is 1. The first-order chi connectivity index (χ1) is 6.11. The molecule has 0 radical (unpaired) electrons. The molecule has 0 amide bonds. The Balaban J connectivity index is 0.000000424. The number of non-ortho nitro benzene ring substituents is 1. The fourth-order valence-electron chi connectivity index (χ4n) is 0.607. The Bertz CT molecular complexity index is 280. The second kappa shape index (κ2) is 6.51. The number of rotatable bonds is 1. The Morgan fingerprint density at radius 3 is 2.31 bits per heavy atom. The zero-order valence-corrected chi connectivity index (χ0v) is 8.00. The van der Waals surface area contributed by atoms with E-state index in [4.69, 9.17) is 28.3 Å². The quantitative estimate of drug-likeness (QED) is 0.453. The first-order valence-corrected chi connectivity index (χ1v) is 4.24. The molecule has 0 aromatic heterocycles. The lowest BCUT2D eigenvalue weighted by Gasteiger charge is -1.89. The molecule has 0 atom stereocenters. The summed E-state index contributed by atoms with van der Waals surface area (Å²) in [7, 11) is 0. The predicted molar refractivity (Wildman–Crippen MR) is 51.3 cm³/mol. The van der Waals surface area contributed by atoms with Crippen molar-refractivity contribution in [3.63, 3.8) is 0 Å². The first kappa shape index (κ1) is 12.0. The van der Waals surface area contributed by atoms with Crippen molar-refractivity contribution in [2.75, 3.05) is 5.34 Å². The van der Waals surface area contributed by atoms with E-state index < -0.39 is 4.92 Å². The SMILES string of the molecule is ClCCl.O=[N+]([O-])c1cccc(O)c1. The Hall–Kier alpha value is -1.00. The van der Waals surface area contributed by atoms with Gasteiger partial charge in [-0.1, -0.05) is 6.07 Å². The average molecular weight is 224 g/mol. The van der Waals surface area contributed by atoms with Crippen molar-refractivity contribution in [1.82, 2.24) is 0 Å². The molecule has 4 nitrogen and oxygen atoms in total. The van der Waals surface area contributed by atoms with E-state index in [1.54, 1.807) is 0 Å². The van der Waals surface area contributed by atoms with Gasteiger partial charge in [-0.05, 0) is 6.07 Å². The third kappa shape index (κ3) is 5.27. The van der Waals surface area contributed by atoms with Crippen LogP contribution in [0.3, 0.4) is 0 Å². The maximum absolute atomic E-state index is 10.0. The van der Waals surface area contributed by atoms with Gasteiger partial charge in [0.2, 0.25) is 0 Å². The molecule has 0 saturated carbocycles. The van der Waals surface area contributed by atoms with E-state index >= 15 is 0 Å². The van der Waals surface area contributed by atoms with Gasteiger partial charge < -0.3 is 5.11 Å². The predicted octanol–water partition coefficient (Wildman–Crippen LogP) is 2.72. The number of hydrogen-bond acceptors (Lipinski definition) is 3. The number of nitro benzene ring substituents is 1. The van der Waals surface area contributed by atoms with Gasteiger partial charge in [0.25, 0.3) is 5.69 Å². The maximum Gasteiger partial charge on any atom is 0.273 e. The summed E-state index contributed by atoms with van der Waals surface area (Å²) in [4.78, 5) is 9.49. The Labute approximate surface area is 84.9 Å². The van der Waals surface area contributed by atoms with Crippen molar-refractivity contribution in [2.24, 2.45) is 0 Å². The molecule has 0 aliphatic carbocycles. The third-order valence-corrected chi connectivity index (χ3v) is 1.04. The van der Waals surface area contributed by atoms with Crippen LogP contribution >= 0.6 is 23.2 Å². The van der Waals surface area contributed by atoms with Crippen molar-refractivity contribution < 1.29 is 10.0 Å². The highest BCUT2D eigenvalue weighted by molar-refractivity contribution is 6.40. The van der Waals surface area contributed by atoms with Crippen LogP contribution in [0.4, 0.5) is 5.69 Å². The van der Waals surface area contributed by atoms with E-state index in [-0.39, 0.29) is 16.8 Å². The van der Waals surface area contributed by atoms with Gasteiger partial charge in [0.05, 0.1) is 16.3 Å². The molecule has 1 N–H and O–H groups in total. The molecule has 1 aromatic carbocycles. The van der Waals surface area contributed by atoms with Crippen molar-refractivity contribution in [1.29, 1.82) is 0 Å². The summed E-state index contributed by atoms with van der Waals surface area (Å²) in [5, 5.41) is 19.0. The zero-order valence-electron chi connectivity index (χ0n) is 6.48. The van der Waals surface area contributed by atoms with Gasteiger partial charge >= 0.3 is 0 Å². The average Bonchev–Trinajstić information content (AvgIpc) is 2.05. The van der Waals surface area contributed by atoms with E-state index in [1.807, 2.05) is 0 Å². The van der Waals surface area contributed by atoms with E-state index in [9.17, 15) is 10.1 Å². The van der Waals surface area contributed by atoms with Gasteiger partial charge in [-0.2, -0.15) is 0 Å². The van der Waals surface area contributed by atoms with Crippen LogP contribution in [0.5, 0.6) is 5.75 Å². The van der Waals surface area contributed by atoms with E-state index in [2.05, 4.69) is 0 Å². The number of phenolic OH excluding ortho intramolecular Hbond substituents is 1. The molecule has 0 fully saturated rings. The van der Waals surface area contributed by atoms with Crippen LogP contribution in [0.15, 0.2) is 24.3 Å². The lowest BCUT2D eigenvalue weighted by molar-refractivity contribution is -0.384. The zero-order chi connectivity index (χ0) is 10.3. The van der Waals surface area contributed by atoms with Crippen molar-refractivity contribution in [2.45, 2.75) is 0 Å². The first-order valence-electron chi connectivity index (χ1n) is 3.17. The summed E-state index contributed by atoms with van der Waals surface area (Å²) in [5.74, 6) is -0.0887. The molecule has 6 heteroatoms. The van der Waals surface area contributed by atoms with E-state index in [0.29, 0.717) is 0 Å². The van der Waals surface area contributed by atoms with Crippen LogP contribution in [0.1, 0.15) is 0 Å². The minimum Gasteiger partial charge on any atom is -0.508 e. The summed E-state index contributed by atoms with van der Waals surface area (Å²) >= 11 is 9.53. The minimum atomic E-state index is -0.556. The van der Waals surface area contributed by atoms with Crippen LogP contribution in [0, 0.1) is 10.1 Å². The van der Waals surface area contributed by atoms with Gasteiger partial charge in [-0.3, -0.25) is 10.1 Å². The second-order valence-corrected chi connectivity index (χ2v) is 2.69. The summed E-state index contributed by atoms with van der Waals surface area (Å²) in [6.45, 7) is 0. The molecule has 0 aliphatic heterocycles. The molecule has 72 valence electrons. The van der Waals surface area contributed by atoms with E-state index in [1.165, 1.54) is 18.2 Å². The lowest BCUT2D eigenvalue weighted by atomic mass is 10.3. The van der Waals surface area contributed by atoms with Crippen LogP contribution < -0.4 is 0 Å². The summed E-state index contributed by atoms with van der Waals surface area (Å²) in [6, 6.07) is 5.22. The highest BCUT2D eigenvalue weighted by Crippen LogP contribution is 2.16. The molecular weight excluding hydrogens is 217 g/mol. The van der Waals surface area contributed by atoms with Crippen LogP contribution in [0.2, 0.25) is 0 Å². The molecule has 0 aliphatic rings. The minimum absolute atomic E-state index is 0.0887. The largest absolute Gasteiger partial charge is 0.508 e. The van der Waals surface area contributed by atoms with Crippen LogP contribution in [-0.4, -0.2) is 15.4 Å². The van der Waals surface area contributed by atoms with Gasteiger partial charge in [-0.25, -0.2) is 0 Å². The summed E-state index contributed by atoms with van der Waals surface area (Å²) < 4.78 is 0. The number of aromatic hydroxyl groups is 1. The lowest BCUT2D eigenvalue weighted by Crippen LogP contribution is -1.85. The fraction of sp³-hybridized carbons (Fsp3) is 0.143. The molecule has 1 aromatic rings. The van der Waals surface area contributed by atoms with Crippen LogP contribution in [0.25, 0.3) is 0 Å². The Kier molecular flexibility index (Phi) is 6.01. The Morgan fingerprint density at radius 1 is 1.46 bits per heavy atom. The van der Waals surface area contributed by atoms with Crippen LogP contribution in [-0.2, 0) is 0 Å². The highest BCUT2D eigenvalue weighted by atomic mass is 35.5. The van der Waals surface area contributed by atoms with Gasteiger partial charge in [-0.15, -0.1) is 23.2 Å². The molecular formula is C7H7Cl2NO3. The molecule has 0 unspecified atom stereocenters. The third-order valence-electron chi connectivity index (χ3n) is 1.04. The van der Waals surface area contributed by atoms with Crippen molar-refractivity contribution in [3.8, 4) is 5.75 Å². The Morgan fingerprint density at radius 2 is 2.00 bits per heavy atom. The van der Waals surface area contributed by atoms with Gasteiger partial charge in [0.15, 0.2) is 0 Å². The number of nitrogens with zero attached hydrogens (tertiary/aromatic N) is 1. The topological polar surface area (TPSA) is 63.4 Å². The number of hydrogen-bond donors (Lipinski definition) is 1. The number of alkyl halides is 2. The summed E-state index contributed by atoms with van der Waals surface area (Å²) in [6.07, 6.45) is 0. The highest BCUT2D eigenvalue weighted by Gasteiger charge is 2.03. The fourth-order valence-corrected chi connectivity index (χ4v) is 0.607. The molecule has 0 saturated heterocycles. The molecule has 0 heterocycles. The smallest absolute Gasteiger partial charge is 0.273 e. The second-order valence-electron chi connectivity index (χ2n) is 1.88. The van der Waals surface area contributed by atoms with Crippen molar-refractivity contribution >= 4 is 28.9 Å². The number of halogens is 2. The molecule has 1 rings (SSSR count). The van der Waals surface area contributed by atoms with Crippen molar-refractivity contribution in [3.05, 3.63) is 34.4 Å². The molecule has 0 bridgehead atoms. The van der Waals surface area contributed by atoms with Gasteiger partial charge in [0.1, 0.15) is 5.75 Å². The standard InChI is InChI=1S/C6H5NO3.CH2Cl2/c8-6-3-1-2-5(4-6)7(9)10;2-1-3/h1-4,8H;1H2. The van der Waals surface area contributed by atoms with Gasteiger partial charge in [0, 0.05) is 6.07 Å². The number of phenols is 1. The summed E-state index contributed by atoms with van der Waals surface area (Å²) in [5.41, 5.74) is -0.0972. The maximum atomic E-state index is 10.0.